The summed E-state index contributed by atoms with van der Waals surface area (Å²) in [6.07, 6.45) is 1.20. The van der Waals surface area contributed by atoms with Crippen LogP contribution >= 0.6 is 0 Å². The SMILES string of the molecule is COc1ccc(NS(=O)(=O)c2cc(F)ccc2F)cn1. The van der Waals surface area contributed by atoms with Gasteiger partial charge in [0.15, 0.2) is 0 Å². The summed E-state index contributed by atoms with van der Waals surface area (Å²) in [4.78, 5) is 3.03. The second kappa shape index (κ2) is 5.41. The Hall–Kier alpha value is -2.22. The van der Waals surface area contributed by atoms with E-state index >= 15 is 0 Å². The third kappa shape index (κ3) is 3.02. The van der Waals surface area contributed by atoms with E-state index < -0.39 is 26.6 Å². The largest absolute Gasteiger partial charge is 0.481 e. The van der Waals surface area contributed by atoms with E-state index in [0.717, 1.165) is 12.1 Å². The van der Waals surface area contributed by atoms with Gasteiger partial charge >= 0.3 is 0 Å². The van der Waals surface area contributed by atoms with Crippen molar-refractivity contribution >= 4 is 15.7 Å². The normalized spacial score (nSPS) is 11.2. The third-order valence-corrected chi connectivity index (χ3v) is 3.78. The summed E-state index contributed by atoms with van der Waals surface area (Å²) in [5, 5.41) is 0. The van der Waals surface area contributed by atoms with Crippen LogP contribution in [0.15, 0.2) is 41.4 Å². The second-order valence-corrected chi connectivity index (χ2v) is 5.42. The predicted molar refractivity (Wildman–Crippen MR) is 68.0 cm³/mol. The molecule has 0 aliphatic rings. The molecule has 2 rings (SSSR count). The number of anilines is 1. The molecule has 0 unspecified atom stereocenters. The number of nitrogens with zero attached hydrogens (tertiary/aromatic N) is 1. The van der Waals surface area contributed by atoms with E-state index in [2.05, 4.69) is 9.71 Å². The van der Waals surface area contributed by atoms with E-state index in [1.807, 2.05) is 0 Å². The summed E-state index contributed by atoms with van der Waals surface area (Å²) >= 11 is 0. The number of hydrogen-bond donors (Lipinski definition) is 1. The average molecular weight is 300 g/mol. The predicted octanol–water partition coefficient (Wildman–Crippen LogP) is 2.17. The van der Waals surface area contributed by atoms with Crippen molar-refractivity contribution < 1.29 is 21.9 Å². The lowest BCUT2D eigenvalue weighted by Gasteiger charge is -2.09. The Bertz CT molecular complexity index is 718. The summed E-state index contributed by atoms with van der Waals surface area (Å²) in [6, 6.07) is 5.01. The number of rotatable bonds is 4. The van der Waals surface area contributed by atoms with Crippen LogP contribution in [0.5, 0.6) is 5.88 Å². The highest BCUT2D eigenvalue weighted by Gasteiger charge is 2.20. The van der Waals surface area contributed by atoms with Crippen molar-refractivity contribution in [2.75, 3.05) is 11.8 Å². The highest BCUT2D eigenvalue weighted by molar-refractivity contribution is 7.92. The topological polar surface area (TPSA) is 68.3 Å². The minimum absolute atomic E-state index is 0.106. The molecule has 20 heavy (non-hydrogen) atoms. The molecule has 5 nitrogen and oxygen atoms in total. The van der Waals surface area contributed by atoms with Crippen molar-refractivity contribution in [3.05, 3.63) is 48.2 Å². The van der Waals surface area contributed by atoms with Crippen LogP contribution in [0.3, 0.4) is 0 Å². The summed E-state index contributed by atoms with van der Waals surface area (Å²) in [6.45, 7) is 0. The standard InChI is InChI=1S/C12H10F2N2O3S/c1-19-12-5-3-9(7-15-12)16-20(17,18)11-6-8(13)2-4-10(11)14/h2-7,16H,1H3. The summed E-state index contributed by atoms with van der Waals surface area (Å²) < 4.78 is 57.3. The highest BCUT2D eigenvalue weighted by Crippen LogP contribution is 2.20. The number of methoxy groups -OCH3 is 1. The zero-order valence-electron chi connectivity index (χ0n) is 10.3. The van der Waals surface area contributed by atoms with Gasteiger partial charge in [-0.1, -0.05) is 0 Å². The van der Waals surface area contributed by atoms with Gasteiger partial charge in [-0.25, -0.2) is 22.2 Å². The van der Waals surface area contributed by atoms with Gasteiger partial charge in [-0.3, -0.25) is 4.72 Å². The van der Waals surface area contributed by atoms with Gasteiger partial charge < -0.3 is 4.74 Å². The van der Waals surface area contributed by atoms with E-state index in [1.54, 1.807) is 0 Å². The number of halogens is 2. The Morgan fingerprint density at radius 3 is 2.55 bits per heavy atom. The molecule has 1 heterocycles. The second-order valence-electron chi connectivity index (χ2n) is 3.77. The van der Waals surface area contributed by atoms with Crippen molar-refractivity contribution in [3.63, 3.8) is 0 Å². The number of ether oxygens (including phenoxy) is 1. The Morgan fingerprint density at radius 1 is 1.20 bits per heavy atom. The Labute approximate surface area is 114 Å². The molecule has 0 amide bonds. The molecule has 1 aromatic carbocycles. The van der Waals surface area contributed by atoms with Crippen LogP contribution in [0.25, 0.3) is 0 Å². The fourth-order valence-electron chi connectivity index (χ4n) is 1.45. The molecule has 0 atom stereocenters. The number of nitrogens with one attached hydrogen (secondary N) is 1. The minimum Gasteiger partial charge on any atom is -0.481 e. The first-order chi connectivity index (χ1) is 9.42. The van der Waals surface area contributed by atoms with Crippen LogP contribution in [0, 0.1) is 11.6 Å². The van der Waals surface area contributed by atoms with E-state index in [4.69, 9.17) is 4.74 Å². The van der Waals surface area contributed by atoms with Gasteiger partial charge in [0, 0.05) is 6.07 Å². The summed E-state index contributed by atoms with van der Waals surface area (Å²) in [5.41, 5.74) is 0.106. The van der Waals surface area contributed by atoms with E-state index in [-0.39, 0.29) is 5.69 Å². The first-order valence-corrected chi connectivity index (χ1v) is 6.88. The number of aromatic nitrogens is 1. The zero-order chi connectivity index (χ0) is 14.8. The Kier molecular flexibility index (Phi) is 3.84. The van der Waals surface area contributed by atoms with Gasteiger partial charge in [0.1, 0.15) is 16.5 Å². The van der Waals surface area contributed by atoms with Crippen molar-refractivity contribution in [2.45, 2.75) is 4.90 Å². The van der Waals surface area contributed by atoms with Crippen molar-refractivity contribution in [3.8, 4) is 5.88 Å². The number of hydrogen-bond acceptors (Lipinski definition) is 4. The molecule has 0 radical (unpaired) electrons. The maximum atomic E-state index is 13.5. The van der Waals surface area contributed by atoms with Crippen LogP contribution < -0.4 is 9.46 Å². The molecular weight excluding hydrogens is 290 g/mol. The molecule has 0 spiro atoms. The molecule has 8 heteroatoms. The lowest BCUT2D eigenvalue weighted by atomic mass is 10.3. The first-order valence-electron chi connectivity index (χ1n) is 5.40. The van der Waals surface area contributed by atoms with Gasteiger partial charge in [0.2, 0.25) is 5.88 Å². The Morgan fingerprint density at radius 2 is 1.95 bits per heavy atom. The average Bonchev–Trinajstić information content (AvgIpc) is 2.42. The van der Waals surface area contributed by atoms with Gasteiger partial charge in [-0.2, -0.15) is 0 Å². The maximum Gasteiger partial charge on any atom is 0.264 e. The van der Waals surface area contributed by atoms with Crippen LogP contribution in [0.1, 0.15) is 0 Å². The fraction of sp³-hybridized carbons (Fsp3) is 0.0833. The highest BCUT2D eigenvalue weighted by atomic mass is 32.2. The maximum absolute atomic E-state index is 13.5. The van der Waals surface area contributed by atoms with Gasteiger partial charge in [0.25, 0.3) is 10.0 Å². The molecule has 0 fully saturated rings. The zero-order valence-corrected chi connectivity index (χ0v) is 11.1. The van der Waals surface area contributed by atoms with E-state index in [9.17, 15) is 17.2 Å². The lowest BCUT2D eigenvalue weighted by Crippen LogP contribution is -2.15. The third-order valence-electron chi connectivity index (χ3n) is 2.38. The van der Waals surface area contributed by atoms with Crippen LogP contribution in [0.2, 0.25) is 0 Å². The van der Waals surface area contributed by atoms with Crippen LogP contribution in [-0.4, -0.2) is 20.5 Å². The summed E-state index contributed by atoms with van der Waals surface area (Å²) in [7, 11) is -2.82. The van der Waals surface area contributed by atoms with Crippen LogP contribution in [-0.2, 0) is 10.0 Å². The molecule has 0 saturated heterocycles. The molecule has 1 aromatic heterocycles. The molecule has 0 saturated carbocycles. The molecule has 1 N–H and O–H groups in total. The molecule has 0 aliphatic heterocycles. The Balaban J connectivity index is 2.32. The quantitative estimate of drug-likeness (QED) is 0.939. The van der Waals surface area contributed by atoms with Crippen LogP contribution in [0.4, 0.5) is 14.5 Å². The monoisotopic (exact) mass is 300 g/mol. The molecule has 2 aromatic rings. The fourth-order valence-corrected chi connectivity index (χ4v) is 2.59. The van der Waals surface area contributed by atoms with Crippen molar-refractivity contribution in [1.82, 2.24) is 4.98 Å². The first kappa shape index (κ1) is 14.2. The number of sulfonamides is 1. The lowest BCUT2D eigenvalue weighted by molar-refractivity contribution is 0.398. The minimum atomic E-state index is -4.23. The van der Waals surface area contributed by atoms with Crippen molar-refractivity contribution in [2.24, 2.45) is 0 Å². The van der Waals surface area contributed by atoms with Crippen molar-refractivity contribution in [1.29, 1.82) is 0 Å². The van der Waals surface area contributed by atoms with E-state index in [0.29, 0.717) is 11.9 Å². The molecule has 0 bridgehead atoms. The smallest absolute Gasteiger partial charge is 0.264 e. The van der Waals surface area contributed by atoms with E-state index in [1.165, 1.54) is 25.4 Å². The molecular formula is C12H10F2N2O3S. The molecule has 106 valence electrons. The number of pyridine rings is 1. The molecule has 0 aliphatic carbocycles. The van der Waals surface area contributed by atoms with Gasteiger partial charge in [-0.05, 0) is 24.3 Å². The summed E-state index contributed by atoms with van der Waals surface area (Å²) in [5.74, 6) is -1.59. The van der Waals surface area contributed by atoms with Gasteiger partial charge in [0.05, 0.1) is 19.0 Å². The number of benzene rings is 1. The van der Waals surface area contributed by atoms with Gasteiger partial charge in [-0.15, -0.1) is 0 Å².